The molecule has 5 heteroatoms. The van der Waals surface area contributed by atoms with Crippen molar-refractivity contribution in [3.63, 3.8) is 0 Å². The van der Waals surface area contributed by atoms with E-state index in [2.05, 4.69) is 0 Å². The summed E-state index contributed by atoms with van der Waals surface area (Å²) in [5.41, 5.74) is 0.987. The van der Waals surface area contributed by atoms with Gasteiger partial charge in [0.25, 0.3) is 0 Å². The highest BCUT2D eigenvalue weighted by Gasteiger charge is 2.09. The smallest absolute Gasteiger partial charge is 0.328 e. The van der Waals surface area contributed by atoms with E-state index >= 15 is 0 Å². The van der Waals surface area contributed by atoms with E-state index in [9.17, 15) is 4.79 Å². The van der Waals surface area contributed by atoms with Crippen LogP contribution in [0.3, 0.4) is 0 Å². The van der Waals surface area contributed by atoms with E-state index in [1.165, 1.54) is 0 Å². The molecule has 5 nitrogen and oxygen atoms in total. The van der Waals surface area contributed by atoms with Gasteiger partial charge >= 0.3 is 5.69 Å². The first-order valence-corrected chi connectivity index (χ1v) is 6.55. The van der Waals surface area contributed by atoms with Crippen LogP contribution in [0.4, 0.5) is 0 Å². The minimum absolute atomic E-state index is 0.00483. The van der Waals surface area contributed by atoms with Gasteiger partial charge in [0.1, 0.15) is 0 Å². The Balaban J connectivity index is 2.29. The lowest BCUT2D eigenvalue weighted by molar-refractivity contribution is 0.354. The molecule has 2 aromatic rings. The summed E-state index contributed by atoms with van der Waals surface area (Å²) < 4.78 is 13.9. The first-order valence-electron chi connectivity index (χ1n) is 6.55. The van der Waals surface area contributed by atoms with E-state index < -0.39 is 0 Å². The summed E-state index contributed by atoms with van der Waals surface area (Å²) in [6.07, 6.45) is 3.62. The molecule has 0 saturated carbocycles. The van der Waals surface area contributed by atoms with Crippen LogP contribution in [0, 0.1) is 0 Å². The van der Waals surface area contributed by atoms with Gasteiger partial charge in [0.05, 0.1) is 20.8 Å². The minimum Gasteiger partial charge on any atom is -0.493 e. The number of imidazole rings is 1. The summed E-state index contributed by atoms with van der Waals surface area (Å²) in [5, 5.41) is 0. The molecule has 0 spiro atoms. The summed E-state index contributed by atoms with van der Waals surface area (Å²) in [5.74, 6) is 1.35. The second-order valence-corrected chi connectivity index (χ2v) is 4.90. The Kier molecular flexibility index (Phi) is 4.17. The molecule has 0 amide bonds. The van der Waals surface area contributed by atoms with Crippen LogP contribution in [0.5, 0.6) is 11.5 Å². The monoisotopic (exact) mass is 276 g/mol. The molecule has 20 heavy (non-hydrogen) atoms. The summed E-state index contributed by atoms with van der Waals surface area (Å²) in [6.45, 7) is 4.49. The van der Waals surface area contributed by atoms with Gasteiger partial charge < -0.3 is 9.47 Å². The summed E-state index contributed by atoms with van der Waals surface area (Å²) in [6, 6.07) is 5.83. The van der Waals surface area contributed by atoms with Crippen molar-refractivity contribution in [3.8, 4) is 11.5 Å². The third-order valence-corrected chi connectivity index (χ3v) is 3.23. The van der Waals surface area contributed by atoms with Gasteiger partial charge in [-0.3, -0.25) is 9.13 Å². The van der Waals surface area contributed by atoms with E-state index in [0.29, 0.717) is 18.0 Å². The molecule has 0 radical (unpaired) electrons. The third-order valence-electron chi connectivity index (χ3n) is 3.23. The van der Waals surface area contributed by atoms with Gasteiger partial charge in [-0.15, -0.1) is 0 Å². The lowest BCUT2D eigenvalue weighted by Gasteiger charge is -2.10. The molecular formula is C15H20N2O3. The van der Waals surface area contributed by atoms with E-state index in [-0.39, 0.29) is 11.7 Å². The van der Waals surface area contributed by atoms with Crippen molar-refractivity contribution in [2.24, 2.45) is 0 Å². The fraction of sp³-hybridized carbons (Fsp3) is 0.400. The first-order chi connectivity index (χ1) is 9.56. The van der Waals surface area contributed by atoms with Crippen LogP contribution in [0.15, 0.2) is 35.4 Å². The highest BCUT2D eigenvalue weighted by molar-refractivity contribution is 5.42. The van der Waals surface area contributed by atoms with Crippen molar-refractivity contribution in [2.75, 3.05) is 14.2 Å². The Bertz CT molecular complexity index is 641. The number of hydrogen-bond donors (Lipinski definition) is 0. The minimum atomic E-state index is -0.00483. The zero-order valence-electron chi connectivity index (χ0n) is 12.3. The Morgan fingerprint density at radius 1 is 1.10 bits per heavy atom. The lowest BCUT2D eigenvalue weighted by Crippen LogP contribution is -2.25. The average Bonchev–Trinajstić information content (AvgIpc) is 2.80. The fourth-order valence-corrected chi connectivity index (χ4v) is 2.12. The number of rotatable bonds is 5. The van der Waals surface area contributed by atoms with E-state index in [1.807, 2.05) is 38.2 Å². The maximum atomic E-state index is 12.2. The summed E-state index contributed by atoms with van der Waals surface area (Å²) in [7, 11) is 3.20. The van der Waals surface area contributed by atoms with Crippen LogP contribution in [-0.4, -0.2) is 23.4 Å². The van der Waals surface area contributed by atoms with Crippen molar-refractivity contribution in [2.45, 2.75) is 26.4 Å². The molecule has 0 atom stereocenters. The van der Waals surface area contributed by atoms with Crippen molar-refractivity contribution in [3.05, 3.63) is 46.6 Å². The van der Waals surface area contributed by atoms with Crippen molar-refractivity contribution in [1.82, 2.24) is 9.13 Å². The molecule has 2 rings (SSSR count). The SMILES string of the molecule is COc1ccc(Cn2ccn(C(C)C)c2=O)cc1OC. The molecule has 0 unspecified atom stereocenters. The molecule has 0 aliphatic carbocycles. The molecule has 0 fully saturated rings. The van der Waals surface area contributed by atoms with E-state index in [1.54, 1.807) is 29.6 Å². The van der Waals surface area contributed by atoms with Crippen molar-refractivity contribution < 1.29 is 9.47 Å². The molecule has 1 aromatic heterocycles. The number of methoxy groups -OCH3 is 2. The number of aromatic nitrogens is 2. The van der Waals surface area contributed by atoms with Crippen LogP contribution in [0.2, 0.25) is 0 Å². The second-order valence-electron chi connectivity index (χ2n) is 4.90. The number of nitrogens with zero attached hydrogens (tertiary/aromatic N) is 2. The Labute approximate surface area is 118 Å². The number of hydrogen-bond acceptors (Lipinski definition) is 3. The molecule has 1 heterocycles. The topological polar surface area (TPSA) is 45.4 Å². The Morgan fingerprint density at radius 2 is 1.80 bits per heavy atom. The molecule has 1 aromatic carbocycles. The quantitative estimate of drug-likeness (QED) is 0.841. The molecule has 0 aliphatic heterocycles. The van der Waals surface area contributed by atoms with Gasteiger partial charge in [0, 0.05) is 18.4 Å². The van der Waals surface area contributed by atoms with Gasteiger partial charge in [0.2, 0.25) is 0 Å². The predicted octanol–water partition coefficient (Wildman–Crippen LogP) is 2.30. The summed E-state index contributed by atoms with van der Waals surface area (Å²) >= 11 is 0. The Morgan fingerprint density at radius 3 is 2.35 bits per heavy atom. The van der Waals surface area contributed by atoms with Crippen LogP contribution in [0.1, 0.15) is 25.5 Å². The molecule has 0 N–H and O–H groups in total. The second kappa shape index (κ2) is 5.86. The molecule has 108 valence electrons. The van der Waals surface area contributed by atoms with E-state index in [0.717, 1.165) is 5.56 Å². The van der Waals surface area contributed by atoms with Crippen molar-refractivity contribution in [1.29, 1.82) is 0 Å². The van der Waals surface area contributed by atoms with Crippen LogP contribution in [0.25, 0.3) is 0 Å². The molecule has 0 bridgehead atoms. The van der Waals surface area contributed by atoms with Gasteiger partial charge in [-0.05, 0) is 31.5 Å². The third kappa shape index (κ3) is 2.71. The predicted molar refractivity (Wildman–Crippen MR) is 77.7 cm³/mol. The average molecular weight is 276 g/mol. The highest BCUT2D eigenvalue weighted by atomic mass is 16.5. The number of ether oxygens (including phenoxy) is 2. The summed E-state index contributed by atoms with van der Waals surface area (Å²) in [4.78, 5) is 12.2. The molecular weight excluding hydrogens is 256 g/mol. The maximum absolute atomic E-state index is 12.2. The Hall–Kier alpha value is -2.17. The van der Waals surface area contributed by atoms with E-state index in [4.69, 9.17) is 9.47 Å². The standard InChI is InChI=1S/C15H20N2O3/c1-11(2)17-8-7-16(15(17)18)10-12-5-6-13(19-3)14(9-12)20-4/h5-9,11H,10H2,1-4H3. The largest absolute Gasteiger partial charge is 0.493 e. The number of benzene rings is 1. The highest BCUT2D eigenvalue weighted by Crippen LogP contribution is 2.27. The van der Waals surface area contributed by atoms with Crippen LogP contribution >= 0.6 is 0 Å². The first kappa shape index (κ1) is 14.2. The fourth-order valence-electron chi connectivity index (χ4n) is 2.12. The molecule has 0 saturated heterocycles. The van der Waals surface area contributed by atoms with Gasteiger partial charge in [0.15, 0.2) is 11.5 Å². The maximum Gasteiger partial charge on any atom is 0.328 e. The zero-order chi connectivity index (χ0) is 14.7. The van der Waals surface area contributed by atoms with Gasteiger partial charge in [-0.2, -0.15) is 0 Å². The van der Waals surface area contributed by atoms with Gasteiger partial charge in [-0.1, -0.05) is 6.07 Å². The zero-order valence-corrected chi connectivity index (χ0v) is 12.3. The molecule has 0 aliphatic rings. The van der Waals surface area contributed by atoms with Gasteiger partial charge in [-0.25, -0.2) is 4.79 Å². The lowest BCUT2D eigenvalue weighted by atomic mass is 10.2. The van der Waals surface area contributed by atoms with Crippen LogP contribution in [-0.2, 0) is 6.54 Å². The van der Waals surface area contributed by atoms with Crippen LogP contribution < -0.4 is 15.2 Å². The normalized spacial score (nSPS) is 10.8. The van der Waals surface area contributed by atoms with Crippen molar-refractivity contribution >= 4 is 0 Å².